The molecule has 0 spiro atoms. The number of hydrogen-bond donors (Lipinski definition) is 1. The lowest BCUT2D eigenvalue weighted by molar-refractivity contribution is 0.00578. The van der Waals surface area contributed by atoms with Gasteiger partial charge >= 0.3 is 7.12 Å². The highest BCUT2D eigenvalue weighted by Crippen LogP contribution is 2.38. The number of hydrogen-bond acceptors (Lipinski definition) is 3. The Kier molecular flexibility index (Phi) is 2.71. The predicted octanol–water partition coefficient (Wildman–Crippen LogP) is 1.82. The summed E-state index contributed by atoms with van der Waals surface area (Å²) in [6.45, 7) is 10.7. The van der Waals surface area contributed by atoms with Gasteiger partial charge in [-0.3, -0.25) is 0 Å². The molecular formula is C11H19B2NO2. The van der Waals surface area contributed by atoms with Gasteiger partial charge in [-0.2, -0.15) is 0 Å². The zero-order valence-electron chi connectivity index (χ0n) is 10.7. The van der Waals surface area contributed by atoms with E-state index < -0.39 is 0 Å². The van der Waals surface area contributed by atoms with Crippen LogP contribution in [0.3, 0.4) is 0 Å². The fourth-order valence-corrected chi connectivity index (χ4v) is 1.80. The molecule has 0 atom stereocenters. The van der Waals surface area contributed by atoms with Gasteiger partial charge in [0, 0.05) is 5.60 Å². The summed E-state index contributed by atoms with van der Waals surface area (Å²) in [6.07, 6.45) is 4.06. The minimum atomic E-state index is -0.280. The van der Waals surface area contributed by atoms with E-state index in [1.54, 1.807) is 0 Å². The van der Waals surface area contributed by atoms with Crippen LogP contribution >= 0.6 is 0 Å². The van der Waals surface area contributed by atoms with Crippen molar-refractivity contribution in [1.29, 1.82) is 0 Å². The van der Waals surface area contributed by atoms with Gasteiger partial charge in [0.05, 0.1) is 11.2 Å². The smallest absolute Gasteiger partial charge is 0.431 e. The fourth-order valence-electron chi connectivity index (χ4n) is 1.80. The highest BCUT2D eigenvalue weighted by Gasteiger charge is 2.52. The van der Waals surface area contributed by atoms with Crippen molar-refractivity contribution in [2.45, 2.75) is 45.7 Å². The molecule has 1 fully saturated rings. The van der Waals surface area contributed by atoms with Crippen LogP contribution in [0.1, 0.15) is 27.7 Å². The molecule has 0 amide bonds. The molecule has 0 bridgehead atoms. The zero-order chi connectivity index (χ0) is 12.0. The van der Waals surface area contributed by atoms with E-state index in [1.165, 1.54) is 0 Å². The van der Waals surface area contributed by atoms with Crippen LogP contribution in [-0.2, 0) is 9.31 Å². The topological polar surface area (TPSA) is 30.5 Å². The minimum Gasteiger partial charge on any atom is -0.431 e. The van der Waals surface area contributed by atoms with Crippen LogP contribution in [0.2, 0.25) is 6.82 Å². The number of allylic oxidation sites excluding steroid dienone is 2. The predicted molar refractivity (Wildman–Crippen MR) is 68.1 cm³/mol. The Morgan fingerprint density at radius 3 is 2.19 bits per heavy atom. The van der Waals surface area contributed by atoms with Gasteiger partial charge in [-0.05, 0) is 33.8 Å². The molecule has 0 radical (unpaired) electrons. The third kappa shape index (κ3) is 1.94. The average molecular weight is 219 g/mol. The van der Waals surface area contributed by atoms with Gasteiger partial charge in [0.1, 0.15) is 0 Å². The average Bonchev–Trinajstić information content (AvgIpc) is 2.36. The molecule has 0 unspecified atom stereocenters. The maximum atomic E-state index is 5.96. The molecule has 2 heterocycles. The molecule has 2 aliphatic heterocycles. The van der Waals surface area contributed by atoms with Crippen molar-refractivity contribution in [3.05, 3.63) is 23.7 Å². The fraction of sp³-hybridized carbons (Fsp3) is 0.636. The molecule has 0 aromatic carbocycles. The van der Waals surface area contributed by atoms with Gasteiger partial charge in [-0.25, -0.2) is 0 Å². The Labute approximate surface area is 98.5 Å². The lowest BCUT2D eigenvalue weighted by atomic mass is 9.61. The zero-order valence-corrected chi connectivity index (χ0v) is 10.7. The normalized spacial score (nSPS) is 26.7. The van der Waals surface area contributed by atoms with Crippen molar-refractivity contribution in [1.82, 2.24) is 5.23 Å². The van der Waals surface area contributed by atoms with Crippen LogP contribution in [-0.4, -0.2) is 25.2 Å². The first-order valence-electron chi connectivity index (χ1n) is 5.82. The molecular weight excluding hydrogens is 200 g/mol. The van der Waals surface area contributed by atoms with Crippen LogP contribution in [0.15, 0.2) is 23.7 Å². The summed E-state index contributed by atoms with van der Waals surface area (Å²) in [7, 11) is -0.280. The largest absolute Gasteiger partial charge is 0.510 e. The monoisotopic (exact) mass is 219 g/mol. The second-order valence-corrected chi connectivity index (χ2v) is 5.53. The standard InChI is InChI=1S/C11H19B2NO2/c1-10(2)11(3,4)16-13(15-10)9-7-6-8-12(5)14-9/h6-8,14H,1-5H3. The molecule has 0 saturated carbocycles. The van der Waals surface area contributed by atoms with Crippen molar-refractivity contribution in [3.8, 4) is 0 Å². The van der Waals surface area contributed by atoms with Gasteiger partial charge in [0.15, 0.2) is 0 Å². The number of rotatable bonds is 1. The summed E-state index contributed by atoms with van der Waals surface area (Å²) in [5.41, 5.74) is 0.462. The van der Waals surface area contributed by atoms with Gasteiger partial charge in [-0.15, -0.1) is 0 Å². The Balaban J connectivity index is 2.15. The van der Waals surface area contributed by atoms with Crippen molar-refractivity contribution in [2.75, 3.05) is 0 Å². The molecule has 16 heavy (non-hydrogen) atoms. The quantitative estimate of drug-likeness (QED) is 0.682. The van der Waals surface area contributed by atoms with Gasteiger partial charge in [0.25, 0.3) is 6.85 Å². The highest BCUT2D eigenvalue weighted by molar-refractivity contribution is 6.65. The van der Waals surface area contributed by atoms with E-state index in [0.29, 0.717) is 6.85 Å². The van der Waals surface area contributed by atoms with Crippen LogP contribution < -0.4 is 5.23 Å². The van der Waals surface area contributed by atoms with Crippen molar-refractivity contribution in [2.24, 2.45) is 0 Å². The van der Waals surface area contributed by atoms with Crippen LogP contribution in [0.25, 0.3) is 0 Å². The Bertz CT molecular complexity index is 334. The minimum absolute atomic E-state index is 0.273. The molecule has 0 aliphatic carbocycles. The van der Waals surface area contributed by atoms with E-state index in [1.807, 2.05) is 12.2 Å². The van der Waals surface area contributed by atoms with Crippen molar-refractivity contribution in [3.63, 3.8) is 0 Å². The molecule has 1 saturated heterocycles. The summed E-state index contributed by atoms with van der Waals surface area (Å²) in [5.74, 6) is 2.11. The van der Waals surface area contributed by atoms with Crippen LogP contribution in [0.4, 0.5) is 0 Å². The summed E-state index contributed by atoms with van der Waals surface area (Å²) in [4.78, 5) is 0. The van der Waals surface area contributed by atoms with E-state index in [-0.39, 0.29) is 18.3 Å². The lowest BCUT2D eigenvalue weighted by Gasteiger charge is -2.32. The first-order valence-corrected chi connectivity index (χ1v) is 5.82. The Hall–Kier alpha value is -0.670. The van der Waals surface area contributed by atoms with E-state index in [4.69, 9.17) is 9.31 Å². The van der Waals surface area contributed by atoms with E-state index in [2.05, 4.69) is 45.7 Å². The molecule has 2 rings (SSSR count). The van der Waals surface area contributed by atoms with Crippen LogP contribution in [0, 0.1) is 0 Å². The Morgan fingerprint density at radius 1 is 1.12 bits per heavy atom. The summed E-state index contributed by atoms with van der Waals surface area (Å²) in [5, 5.41) is 3.36. The molecule has 3 nitrogen and oxygen atoms in total. The van der Waals surface area contributed by atoms with Gasteiger partial charge in [-0.1, -0.05) is 18.9 Å². The highest BCUT2D eigenvalue weighted by atomic mass is 16.7. The summed E-state index contributed by atoms with van der Waals surface area (Å²) >= 11 is 0. The molecule has 0 aromatic rings. The van der Waals surface area contributed by atoms with E-state index >= 15 is 0 Å². The molecule has 86 valence electrons. The molecule has 0 aromatic heterocycles. The maximum Gasteiger partial charge on any atom is 0.510 e. The summed E-state index contributed by atoms with van der Waals surface area (Å²) < 4.78 is 11.9. The SMILES string of the molecule is CB1C=CC=C(B2OC(C)(C)C(C)(C)O2)N1. The van der Waals surface area contributed by atoms with Crippen LogP contribution in [0.5, 0.6) is 0 Å². The second-order valence-electron chi connectivity index (χ2n) is 5.53. The number of nitrogens with one attached hydrogen (secondary N) is 1. The Morgan fingerprint density at radius 2 is 1.69 bits per heavy atom. The summed E-state index contributed by atoms with van der Waals surface area (Å²) in [6, 6.07) is 0. The third-order valence-corrected chi connectivity index (χ3v) is 3.58. The van der Waals surface area contributed by atoms with E-state index in [9.17, 15) is 0 Å². The first kappa shape index (κ1) is 11.8. The van der Waals surface area contributed by atoms with Crippen molar-refractivity contribution >= 4 is 14.0 Å². The van der Waals surface area contributed by atoms with Gasteiger partial charge < -0.3 is 14.5 Å². The third-order valence-electron chi connectivity index (χ3n) is 3.58. The second kappa shape index (κ2) is 3.67. The first-order chi connectivity index (χ1) is 7.32. The maximum absolute atomic E-state index is 5.96. The lowest BCUT2D eigenvalue weighted by Crippen LogP contribution is -2.41. The van der Waals surface area contributed by atoms with E-state index in [0.717, 1.165) is 5.60 Å². The van der Waals surface area contributed by atoms with Gasteiger partial charge in [0.2, 0.25) is 0 Å². The molecule has 1 N–H and O–H groups in total. The molecule has 2 aliphatic rings. The molecule has 5 heteroatoms. The van der Waals surface area contributed by atoms with Crippen molar-refractivity contribution < 1.29 is 9.31 Å².